The maximum Gasteiger partial charge on any atom is 0.0165 e. The van der Waals surface area contributed by atoms with E-state index in [9.17, 15) is 0 Å². The van der Waals surface area contributed by atoms with Crippen molar-refractivity contribution >= 4 is 43.1 Å². The minimum atomic E-state index is -0.0795. The lowest BCUT2D eigenvalue weighted by Gasteiger charge is -2.23. The highest BCUT2D eigenvalue weighted by Gasteiger charge is 2.37. The molecule has 220 valence electrons. The molecule has 1 aliphatic rings. The van der Waals surface area contributed by atoms with E-state index in [-0.39, 0.29) is 5.41 Å². The van der Waals surface area contributed by atoms with E-state index in [2.05, 4.69) is 172 Å². The van der Waals surface area contributed by atoms with Crippen molar-refractivity contribution in [2.45, 2.75) is 19.3 Å². The fourth-order valence-electron chi connectivity index (χ4n) is 8.57. The second-order valence-electron chi connectivity index (χ2n) is 13.7. The molecule has 9 aromatic carbocycles. The highest BCUT2D eigenvalue weighted by molar-refractivity contribution is 6.27. The van der Waals surface area contributed by atoms with Crippen LogP contribution in [0.4, 0.5) is 0 Å². The molecule has 1 aliphatic carbocycles. The Morgan fingerprint density at radius 1 is 0.340 bits per heavy atom. The number of fused-ring (bicyclic) bond motifs is 5. The van der Waals surface area contributed by atoms with Gasteiger partial charge in [-0.3, -0.25) is 0 Å². The van der Waals surface area contributed by atoms with Gasteiger partial charge in [0, 0.05) is 5.41 Å². The zero-order chi connectivity index (χ0) is 31.3. The summed E-state index contributed by atoms with van der Waals surface area (Å²) in [5.41, 5.74) is 13.1. The van der Waals surface area contributed by atoms with Gasteiger partial charge in [0.05, 0.1) is 0 Å². The highest BCUT2D eigenvalue weighted by Crippen LogP contribution is 2.52. The lowest BCUT2D eigenvalue weighted by atomic mass is 9.79. The number of hydrogen-bond donors (Lipinski definition) is 0. The van der Waals surface area contributed by atoms with E-state index >= 15 is 0 Å². The van der Waals surface area contributed by atoms with E-state index in [0.717, 1.165) is 0 Å². The molecule has 0 heterocycles. The van der Waals surface area contributed by atoms with E-state index in [1.165, 1.54) is 98.7 Å². The first-order valence-electron chi connectivity index (χ1n) is 16.6. The Labute approximate surface area is 274 Å². The zero-order valence-electron chi connectivity index (χ0n) is 26.5. The van der Waals surface area contributed by atoms with Crippen molar-refractivity contribution < 1.29 is 0 Å². The quantitative estimate of drug-likeness (QED) is 0.178. The van der Waals surface area contributed by atoms with Crippen LogP contribution in [0.25, 0.3) is 87.6 Å². The van der Waals surface area contributed by atoms with Crippen LogP contribution < -0.4 is 0 Å². The Kier molecular flexibility index (Phi) is 5.44. The molecule has 0 bridgehead atoms. The minimum Gasteiger partial charge on any atom is -0.0622 e. The first kappa shape index (κ1) is 26.5. The van der Waals surface area contributed by atoms with Crippen molar-refractivity contribution in [3.63, 3.8) is 0 Å². The fraction of sp³-hybridized carbons (Fsp3) is 0.0638. The van der Waals surface area contributed by atoms with Gasteiger partial charge in [0.2, 0.25) is 0 Å². The van der Waals surface area contributed by atoms with Crippen molar-refractivity contribution in [3.05, 3.63) is 169 Å². The van der Waals surface area contributed by atoms with Crippen LogP contribution in [-0.4, -0.2) is 0 Å². The molecule has 0 aliphatic heterocycles. The van der Waals surface area contributed by atoms with Crippen molar-refractivity contribution in [1.29, 1.82) is 0 Å². The maximum atomic E-state index is 2.44. The van der Waals surface area contributed by atoms with Gasteiger partial charge in [-0.05, 0) is 111 Å². The lowest BCUT2D eigenvalue weighted by molar-refractivity contribution is 0.666. The SMILES string of the molecule is CC1(C)c2cc(-c3cccc(-c4ccc5ccc6c(-c7ccccc7)ccc7ccc4c5c76)c3)ccc2-c2ccc3ccccc3c21. The third kappa shape index (κ3) is 3.76. The molecule has 9 aromatic rings. The summed E-state index contributed by atoms with van der Waals surface area (Å²) in [5, 5.41) is 10.6. The molecule has 0 fully saturated rings. The number of benzene rings is 9. The van der Waals surface area contributed by atoms with Crippen molar-refractivity contribution in [2.75, 3.05) is 0 Å². The molecular weight excluding hydrogens is 565 g/mol. The Morgan fingerprint density at radius 3 is 1.66 bits per heavy atom. The summed E-state index contributed by atoms with van der Waals surface area (Å²) >= 11 is 0. The molecule has 10 rings (SSSR count). The molecule has 0 spiro atoms. The molecule has 47 heavy (non-hydrogen) atoms. The van der Waals surface area contributed by atoms with E-state index in [0.29, 0.717) is 0 Å². The van der Waals surface area contributed by atoms with Crippen LogP contribution in [0.5, 0.6) is 0 Å². The highest BCUT2D eigenvalue weighted by atomic mass is 14.4. The van der Waals surface area contributed by atoms with Gasteiger partial charge >= 0.3 is 0 Å². The Balaban J connectivity index is 1.12. The second kappa shape index (κ2) is 9.64. The van der Waals surface area contributed by atoms with E-state index < -0.39 is 0 Å². The van der Waals surface area contributed by atoms with Crippen LogP contribution in [-0.2, 0) is 5.41 Å². The minimum absolute atomic E-state index is 0.0795. The molecule has 0 atom stereocenters. The van der Waals surface area contributed by atoms with Gasteiger partial charge in [-0.15, -0.1) is 0 Å². The average Bonchev–Trinajstić information content (AvgIpc) is 3.36. The molecular formula is C47H32. The summed E-state index contributed by atoms with van der Waals surface area (Å²) in [7, 11) is 0. The predicted octanol–water partition coefficient (Wildman–Crippen LogP) is 13.0. The summed E-state index contributed by atoms with van der Waals surface area (Å²) in [5.74, 6) is 0. The molecule has 0 unspecified atom stereocenters. The Morgan fingerprint density at radius 2 is 0.894 bits per heavy atom. The fourth-order valence-corrected chi connectivity index (χ4v) is 8.57. The zero-order valence-corrected chi connectivity index (χ0v) is 26.5. The number of rotatable bonds is 3. The van der Waals surface area contributed by atoms with Crippen LogP contribution in [0.2, 0.25) is 0 Å². The van der Waals surface area contributed by atoms with Crippen LogP contribution in [0.15, 0.2) is 158 Å². The summed E-state index contributed by atoms with van der Waals surface area (Å²) in [6.07, 6.45) is 0. The van der Waals surface area contributed by atoms with Gasteiger partial charge < -0.3 is 0 Å². The van der Waals surface area contributed by atoms with E-state index in [1.807, 2.05) is 0 Å². The summed E-state index contributed by atoms with van der Waals surface area (Å²) in [6, 6.07) is 58.8. The predicted molar refractivity (Wildman–Crippen MR) is 202 cm³/mol. The van der Waals surface area contributed by atoms with Gasteiger partial charge in [-0.1, -0.05) is 159 Å². The smallest absolute Gasteiger partial charge is 0.0165 e. The molecule has 0 N–H and O–H groups in total. The maximum absolute atomic E-state index is 2.44. The van der Waals surface area contributed by atoms with Crippen molar-refractivity contribution in [1.82, 2.24) is 0 Å². The van der Waals surface area contributed by atoms with E-state index in [4.69, 9.17) is 0 Å². The van der Waals surface area contributed by atoms with Gasteiger partial charge in [0.15, 0.2) is 0 Å². The first-order chi connectivity index (χ1) is 23.1. The summed E-state index contributed by atoms with van der Waals surface area (Å²) in [6.45, 7) is 4.77. The van der Waals surface area contributed by atoms with Crippen LogP contribution in [0.3, 0.4) is 0 Å². The first-order valence-corrected chi connectivity index (χ1v) is 16.6. The topological polar surface area (TPSA) is 0 Å². The lowest BCUT2D eigenvalue weighted by Crippen LogP contribution is -2.15. The third-order valence-corrected chi connectivity index (χ3v) is 10.8. The third-order valence-electron chi connectivity index (χ3n) is 10.8. The van der Waals surface area contributed by atoms with Crippen LogP contribution in [0, 0.1) is 0 Å². The summed E-state index contributed by atoms with van der Waals surface area (Å²) in [4.78, 5) is 0. The number of hydrogen-bond acceptors (Lipinski definition) is 0. The molecule has 0 heteroatoms. The Hall–Kier alpha value is -5.72. The Bertz CT molecular complexity index is 2690. The molecule has 0 amide bonds. The van der Waals surface area contributed by atoms with Gasteiger partial charge in [-0.2, -0.15) is 0 Å². The van der Waals surface area contributed by atoms with E-state index in [1.54, 1.807) is 0 Å². The average molecular weight is 597 g/mol. The normalized spacial score (nSPS) is 13.5. The van der Waals surface area contributed by atoms with Gasteiger partial charge in [0.1, 0.15) is 0 Å². The van der Waals surface area contributed by atoms with Crippen LogP contribution >= 0.6 is 0 Å². The molecule has 0 saturated carbocycles. The molecule has 0 radical (unpaired) electrons. The monoisotopic (exact) mass is 596 g/mol. The molecule has 0 nitrogen and oxygen atoms in total. The van der Waals surface area contributed by atoms with Gasteiger partial charge in [-0.25, -0.2) is 0 Å². The van der Waals surface area contributed by atoms with Gasteiger partial charge in [0.25, 0.3) is 0 Å². The largest absolute Gasteiger partial charge is 0.0622 e. The summed E-state index contributed by atoms with van der Waals surface area (Å²) < 4.78 is 0. The molecule has 0 aromatic heterocycles. The standard InChI is InChI=1S/C47H32/c1-47(2)43-28-34(20-23-39(43)42-26-15-30-11-6-7-14-38(30)46(42)47)33-12-8-13-35(27-33)37-22-17-32-18-24-40-36(29-9-4-3-5-10-29)21-16-31-19-25-41(37)45(32)44(31)40/h3-28H,1-2H3. The molecule has 0 saturated heterocycles. The van der Waals surface area contributed by atoms with Crippen molar-refractivity contribution in [3.8, 4) is 44.5 Å². The second-order valence-corrected chi connectivity index (χ2v) is 13.7. The van der Waals surface area contributed by atoms with Crippen LogP contribution in [0.1, 0.15) is 25.0 Å². The van der Waals surface area contributed by atoms with Crippen molar-refractivity contribution in [2.24, 2.45) is 0 Å².